The Labute approximate surface area is 109 Å². The number of aromatic nitrogens is 2. The van der Waals surface area contributed by atoms with Gasteiger partial charge in [-0.1, -0.05) is 12.8 Å². The second-order valence-corrected chi connectivity index (χ2v) is 6.96. The van der Waals surface area contributed by atoms with Gasteiger partial charge in [-0.25, -0.2) is 18.1 Å². The van der Waals surface area contributed by atoms with Crippen molar-refractivity contribution in [3.05, 3.63) is 11.6 Å². The number of hydrogen-bond acceptors (Lipinski definition) is 5. The Bertz CT molecular complexity index is 667. The predicted octanol–water partition coefficient (Wildman–Crippen LogP) is 1.20. The van der Waals surface area contributed by atoms with Crippen molar-refractivity contribution >= 4 is 32.1 Å². The maximum Gasteiger partial charge on any atom is 0.260 e. The summed E-state index contributed by atoms with van der Waals surface area (Å²) < 4.78 is 28.9. The van der Waals surface area contributed by atoms with Crippen LogP contribution in [0.3, 0.4) is 0 Å². The van der Waals surface area contributed by atoms with Crippen molar-refractivity contribution in [2.24, 2.45) is 0 Å². The van der Waals surface area contributed by atoms with Crippen LogP contribution in [0.25, 0.3) is 4.96 Å². The zero-order chi connectivity index (χ0) is 12.8. The number of imidazole rings is 1. The molecule has 8 heteroatoms. The van der Waals surface area contributed by atoms with Crippen LogP contribution in [-0.4, -0.2) is 23.8 Å². The lowest BCUT2D eigenvalue weighted by atomic mass is 10.3. The highest BCUT2D eigenvalue weighted by molar-refractivity contribution is 7.89. The second kappa shape index (κ2) is 4.22. The first-order chi connectivity index (χ1) is 8.58. The third-order valence-electron chi connectivity index (χ3n) is 3.18. The summed E-state index contributed by atoms with van der Waals surface area (Å²) in [6.45, 7) is 0. The fraction of sp³-hybridized carbons (Fsp3) is 0.500. The Kier molecular flexibility index (Phi) is 2.80. The topological polar surface area (TPSA) is 89.5 Å². The second-order valence-electron chi connectivity index (χ2n) is 4.46. The molecule has 0 radical (unpaired) electrons. The van der Waals surface area contributed by atoms with E-state index in [9.17, 15) is 8.42 Å². The number of fused-ring (bicyclic) bond motifs is 1. The fourth-order valence-electron chi connectivity index (χ4n) is 2.37. The number of nitrogens with zero attached hydrogens (tertiary/aromatic N) is 2. The molecule has 2 aromatic rings. The number of thiazole rings is 1. The standard InChI is InChI=1S/C10H14N4O2S2/c11-8-9(14-5-6-17-10(14)12-8)18(15,16)13-7-3-1-2-4-7/h5-7,13H,1-4,11H2. The van der Waals surface area contributed by atoms with Crippen LogP contribution in [-0.2, 0) is 10.0 Å². The molecule has 0 aliphatic heterocycles. The van der Waals surface area contributed by atoms with Crippen LogP contribution < -0.4 is 10.5 Å². The van der Waals surface area contributed by atoms with E-state index in [1.54, 1.807) is 11.6 Å². The minimum Gasteiger partial charge on any atom is -0.381 e. The van der Waals surface area contributed by atoms with E-state index in [1.165, 1.54) is 15.7 Å². The van der Waals surface area contributed by atoms with Gasteiger partial charge in [-0.15, -0.1) is 11.3 Å². The van der Waals surface area contributed by atoms with E-state index < -0.39 is 10.0 Å². The third-order valence-corrected chi connectivity index (χ3v) is 5.49. The van der Waals surface area contributed by atoms with Crippen molar-refractivity contribution in [3.63, 3.8) is 0 Å². The fourth-order valence-corrected chi connectivity index (χ4v) is 4.66. The Morgan fingerprint density at radius 1 is 1.44 bits per heavy atom. The van der Waals surface area contributed by atoms with E-state index in [-0.39, 0.29) is 16.9 Å². The van der Waals surface area contributed by atoms with E-state index in [0.29, 0.717) is 4.96 Å². The molecule has 0 unspecified atom stereocenters. The van der Waals surface area contributed by atoms with Crippen molar-refractivity contribution in [1.82, 2.24) is 14.1 Å². The third kappa shape index (κ3) is 1.90. The number of anilines is 1. The molecule has 1 saturated carbocycles. The zero-order valence-electron chi connectivity index (χ0n) is 9.67. The van der Waals surface area contributed by atoms with Gasteiger partial charge in [-0.3, -0.25) is 4.40 Å². The smallest absolute Gasteiger partial charge is 0.260 e. The molecule has 2 heterocycles. The van der Waals surface area contributed by atoms with Crippen LogP contribution in [0.4, 0.5) is 5.82 Å². The van der Waals surface area contributed by atoms with Gasteiger partial charge in [0.2, 0.25) is 0 Å². The van der Waals surface area contributed by atoms with Gasteiger partial charge in [0, 0.05) is 17.6 Å². The van der Waals surface area contributed by atoms with Gasteiger partial charge in [0.1, 0.15) is 0 Å². The first-order valence-electron chi connectivity index (χ1n) is 5.81. The number of rotatable bonds is 3. The highest BCUT2D eigenvalue weighted by Crippen LogP contribution is 2.25. The minimum absolute atomic E-state index is 0.0265. The number of sulfonamides is 1. The van der Waals surface area contributed by atoms with Crippen molar-refractivity contribution in [2.75, 3.05) is 5.73 Å². The molecule has 0 saturated heterocycles. The van der Waals surface area contributed by atoms with Gasteiger partial charge in [0.25, 0.3) is 10.0 Å². The molecule has 1 fully saturated rings. The van der Waals surface area contributed by atoms with E-state index >= 15 is 0 Å². The molecule has 0 spiro atoms. The van der Waals surface area contributed by atoms with Crippen LogP contribution in [0.1, 0.15) is 25.7 Å². The molecule has 0 atom stereocenters. The Balaban J connectivity index is 2.01. The molecule has 18 heavy (non-hydrogen) atoms. The summed E-state index contributed by atoms with van der Waals surface area (Å²) >= 11 is 1.36. The Morgan fingerprint density at radius 3 is 2.89 bits per heavy atom. The molecule has 2 aromatic heterocycles. The summed E-state index contributed by atoms with van der Waals surface area (Å²) in [5, 5.41) is 1.85. The average molecular weight is 286 g/mol. The highest BCUT2D eigenvalue weighted by atomic mass is 32.2. The number of nitrogens with two attached hydrogens (primary N) is 1. The monoisotopic (exact) mass is 286 g/mol. The number of hydrogen-bond donors (Lipinski definition) is 2. The summed E-state index contributed by atoms with van der Waals surface area (Å²) in [5.41, 5.74) is 5.71. The SMILES string of the molecule is Nc1nc2sccn2c1S(=O)(=O)NC1CCCC1. The van der Waals surface area contributed by atoms with Crippen molar-refractivity contribution < 1.29 is 8.42 Å². The lowest BCUT2D eigenvalue weighted by Gasteiger charge is -2.12. The van der Waals surface area contributed by atoms with E-state index in [0.717, 1.165) is 25.7 Å². The zero-order valence-corrected chi connectivity index (χ0v) is 11.3. The van der Waals surface area contributed by atoms with Crippen molar-refractivity contribution in [3.8, 4) is 0 Å². The van der Waals surface area contributed by atoms with Gasteiger partial charge < -0.3 is 5.73 Å². The predicted molar refractivity (Wildman–Crippen MR) is 70.1 cm³/mol. The van der Waals surface area contributed by atoms with Gasteiger partial charge >= 0.3 is 0 Å². The van der Waals surface area contributed by atoms with Gasteiger partial charge in [0.15, 0.2) is 15.8 Å². The van der Waals surface area contributed by atoms with E-state index in [1.807, 2.05) is 0 Å². The number of nitrogen functional groups attached to an aromatic ring is 1. The summed E-state index contributed by atoms with van der Waals surface area (Å²) in [5.74, 6) is 0.0624. The molecule has 0 aromatic carbocycles. The van der Waals surface area contributed by atoms with Crippen LogP contribution in [0.15, 0.2) is 16.6 Å². The van der Waals surface area contributed by atoms with Gasteiger partial charge in [0.05, 0.1) is 0 Å². The van der Waals surface area contributed by atoms with E-state index in [2.05, 4.69) is 9.71 Å². The lowest BCUT2D eigenvalue weighted by Crippen LogP contribution is -2.33. The molecule has 3 N–H and O–H groups in total. The Hall–Kier alpha value is -1.12. The molecule has 6 nitrogen and oxygen atoms in total. The molecular weight excluding hydrogens is 272 g/mol. The normalized spacial score (nSPS) is 17.8. The molecule has 98 valence electrons. The first-order valence-corrected chi connectivity index (χ1v) is 8.17. The summed E-state index contributed by atoms with van der Waals surface area (Å²) in [4.78, 5) is 4.65. The maximum absolute atomic E-state index is 12.3. The molecule has 1 aliphatic rings. The average Bonchev–Trinajstić information content (AvgIpc) is 2.92. The summed E-state index contributed by atoms with van der Waals surface area (Å²) in [7, 11) is -3.60. The van der Waals surface area contributed by atoms with Crippen LogP contribution in [0.2, 0.25) is 0 Å². The Morgan fingerprint density at radius 2 is 2.17 bits per heavy atom. The van der Waals surface area contributed by atoms with Crippen molar-refractivity contribution in [2.45, 2.75) is 36.8 Å². The molecule has 3 rings (SSSR count). The quantitative estimate of drug-likeness (QED) is 0.887. The summed E-state index contributed by atoms with van der Waals surface area (Å²) in [6, 6.07) is 0.0265. The largest absolute Gasteiger partial charge is 0.381 e. The van der Waals surface area contributed by atoms with Crippen molar-refractivity contribution in [1.29, 1.82) is 0 Å². The summed E-state index contributed by atoms with van der Waals surface area (Å²) in [6.07, 6.45) is 5.61. The van der Waals surface area contributed by atoms with Crippen LogP contribution >= 0.6 is 11.3 Å². The number of nitrogens with one attached hydrogen (secondary N) is 1. The minimum atomic E-state index is -3.60. The molecule has 0 bridgehead atoms. The molecule has 0 amide bonds. The van der Waals surface area contributed by atoms with E-state index in [4.69, 9.17) is 5.73 Å². The first kappa shape index (κ1) is 11.9. The molecule has 1 aliphatic carbocycles. The van der Waals surface area contributed by atoms with Gasteiger partial charge in [-0.05, 0) is 12.8 Å². The maximum atomic E-state index is 12.3. The lowest BCUT2D eigenvalue weighted by molar-refractivity contribution is 0.548. The van der Waals surface area contributed by atoms with Crippen LogP contribution in [0, 0.1) is 0 Å². The highest BCUT2D eigenvalue weighted by Gasteiger charge is 2.28. The molecular formula is C10H14N4O2S2. The van der Waals surface area contributed by atoms with Crippen LogP contribution in [0.5, 0.6) is 0 Å². The van der Waals surface area contributed by atoms with Gasteiger partial charge in [-0.2, -0.15) is 0 Å².